The third kappa shape index (κ3) is 3.70. The maximum Gasteiger partial charge on any atom is 0.293 e. The van der Waals surface area contributed by atoms with Gasteiger partial charge in [-0.25, -0.2) is 0 Å². The van der Waals surface area contributed by atoms with Crippen molar-refractivity contribution < 1.29 is 14.6 Å². The fourth-order valence-electron chi connectivity index (χ4n) is 4.24. The average Bonchev–Trinajstić information content (AvgIpc) is 3.46. The van der Waals surface area contributed by atoms with Crippen molar-refractivity contribution >= 4 is 28.5 Å². The van der Waals surface area contributed by atoms with Crippen molar-refractivity contribution in [2.75, 3.05) is 36.0 Å². The van der Waals surface area contributed by atoms with Crippen LogP contribution in [0, 0.1) is 20.2 Å². The molecule has 2 aliphatic rings. The third-order valence-electron chi connectivity index (χ3n) is 5.76. The van der Waals surface area contributed by atoms with Gasteiger partial charge in [-0.3, -0.25) is 25.0 Å². The molecular weight excluding hydrogens is 388 g/mol. The number of nitro benzene ring substituents is 2. The Bertz CT molecular complexity index is 931. The molecule has 156 valence electrons. The van der Waals surface area contributed by atoms with E-state index in [-0.39, 0.29) is 22.5 Å². The summed E-state index contributed by atoms with van der Waals surface area (Å²) in [5.41, 5.74) is 1.06. The number of rotatable bonds is 6. The van der Waals surface area contributed by atoms with Crippen LogP contribution in [0.1, 0.15) is 41.6 Å². The summed E-state index contributed by atoms with van der Waals surface area (Å²) >= 11 is 0. The third-order valence-corrected chi connectivity index (χ3v) is 5.76. The van der Waals surface area contributed by atoms with Crippen LogP contribution >= 0.6 is 0 Å². The number of hydrogen-bond donors (Lipinski definition) is 0. The number of anilines is 2. The van der Waals surface area contributed by atoms with Crippen LogP contribution in [0.3, 0.4) is 0 Å². The van der Waals surface area contributed by atoms with Crippen LogP contribution in [0.4, 0.5) is 22.7 Å². The Morgan fingerprint density at radius 3 is 1.40 bits per heavy atom. The van der Waals surface area contributed by atoms with Gasteiger partial charge in [0.2, 0.25) is 0 Å². The average molecular weight is 410 g/mol. The van der Waals surface area contributed by atoms with E-state index in [4.69, 9.17) is 0 Å². The zero-order valence-electron chi connectivity index (χ0n) is 16.5. The van der Waals surface area contributed by atoms with Gasteiger partial charge < -0.3 is 9.80 Å². The van der Waals surface area contributed by atoms with E-state index in [1.165, 1.54) is 12.1 Å². The summed E-state index contributed by atoms with van der Waals surface area (Å²) in [5, 5.41) is 23.2. The molecule has 2 heterocycles. The van der Waals surface area contributed by atoms with E-state index in [0.717, 1.165) is 51.9 Å². The highest BCUT2D eigenvalue weighted by molar-refractivity contribution is 6.10. The topological polar surface area (TPSA) is 110 Å². The highest BCUT2D eigenvalue weighted by Gasteiger charge is 2.27. The minimum Gasteiger partial charge on any atom is -0.366 e. The lowest BCUT2D eigenvalue weighted by molar-refractivity contribution is -0.384. The lowest BCUT2D eigenvalue weighted by Crippen LogP contribution is -2.19. The lowest BCUT2D eigenvalue weighted by atomic mass is 10.0. The van der Waals surface area contributed by atoms with Gasteiger partial charge in [0, 0.05) is 49.4 Å². The number of carbonyl (C=O) groups is 1. The molecule has 0 saturated carbocycles. The first-order valence-corrected chi connectivity index (χ1v) is 10.1. The van der Waals surface area contributed by atoms with Crippen molar-refractivity contribution in [1.82, 2.24) is 0 Å². The predicted octanol–water partition coefficient (Wildman–Crippen LogP) is 3.93. The molecular formula is C21H22N4O5. The minimum absolute atomic E-state index is 0.120. The molecule has 2 aliphatic heterocycles. The second-order valence-electron chi connectivity index (χ2n) is 7.64. The Hall–Kier alpha value is -3.49. The second kappa shape index (κ2) is 8.10. The molecule has 0 aromatic heterocycles. The number of hydrogen-bond acceptors (Lipinski definition) is 7. The Morgan fingerprint density at radius 1 is 0.700 bits per heavy atom. The summed E-state index contributed by atoms with van der Waals surface area (Å²) in [6.45, 7) is 2.99. The standard InChI is InChI=1S/C21H22N4O5/c26-21(15-5-7-17(19(13-15)24(27)28)22-9-1-2-10-22)16-6-8-18(20(14-16)25(29)30)23-11-3-4-12-23/h5-8,13-14H,1-4,9-12H2. The van der Waals surface area contributed by atoms with E-state index in [9.17, 15) is 25.0 Å². The van der Waals surface area contributed by atoms with Crippen LogP contribution in [0.5, 0.6) is 0 Å². The Kier molecular flexibility index (Phi) is 5.35. The molecule has 0 aliphatic carbocycles. The highest BCUT2D eigenvalue weighted by atomic mass is 16.6. The second-order valence-corrected chi connectivity index (χ2v) is 7.64. The van der Waals surface area contributed by atoms with Gasteiger partial charge in [-0.05, 0) is 49.9 Å². The molecule has 2 aromatic rings. The maximum absolute atomic E-state index is 13.0. The molecule has 4 rings (SSSR count). The molecule has 0 spiro atoms. The number of benzene rings is 2. The first-order valence-electron chi connectivity index (χ1n) is 10.1. The molecule has 2 fully saturated rings. The van der Waals surface area contributed by atoms with Crippen molar-refractivity contribution in [2.45, 2.75) is 25.7 Å². The van der Waals surface area contributed by atoms with Gasteiger partial charge >= 0.3 is 0 Å². The van der Waals surface area contributed by atoms with Crippen molar-refractivity contribution in [3.05, 3.63) is 67.8 Å². The normalized spacial score (nSPS) is 16.1. The first-order chi connectivity index (χ1) is 14.5. The van der Waals surface area contributed by atoms with E-state index >= 15 is 0 Å². The summed E-state index contributed by atoms with van der Waals surface area (Å²) < 4.78 is 0. The largest absolute Gasteiger partial charge is 0.366 e. The van der Waals surface area contributed by atoms with Crippen LogP contribution in [0.2, 0.25) is 0 Å². The smallest absolute Gasteiger partial charge is 0.293 e. The van der Waals surface area contributed by atoms with Gasteiger partial charge in [0.15, 0.2) is 5.78 Å². The van der Waals surface area contributed by atoms with Crippen molar-refractivity contribution in [2.24, 2.45) is 0 Å². The molecule has 0 radical (unpaired) electrons. The molecule has 0 unspecified atom stereocenters. The summed E-state index contributed by atoms with van der Waals surface area (Å²) in [7, 11) is 0. The van der Waals surface area contributed by atoms with Gasteiger partial charge in [-0.15, -0.1) is 0 Å². The molecule has 0 bridgehead atoms. The minimum atomic E-state index is -0.483. The quantitative estimate of drug-likeness (QED) is 0.403. The molecule has 9 heteroatoms. The lowest BCUT2D eigenvalue weighted by Gasteiger charge is -2.18. The number of ketones is 1. The zero-order chi connectivity index (χ0) is 21.3. The van der Waals surface area contributed by atoms with Gasteiger partial charge in [-0.2, -0.15) is 0 Å². The highest BCUT2D eigenvalue weighted by Crippen LogP contribution is 2.34. The van der Waals surface area contributed by atoms with E-state index in [1.807, 2.05) is 9.80 Å². The molecule has 30 heavy (non-hydrogen) atoms. The van der Waals surface area contributed by atoms with Crippen LogP contribution in [-0.2, 0) is 0 Å². The van der Waals surface area contributed by atoms with E-state index < -0.39 is 15.6 Å². The monoisotopic (exact) mass is 410 g/mol. The zero-order valence-corrected chi connectivity index (χ0v) is 16.5. The first kappa shape index (κ1) is 19.8. The van der Waals surface area contributed by atoms with Crippen molar-refractivity contribution in [3.8, 4) is 0 Å². The number of carbonyl (C=O) groups excluding carboxylic acids is 1. The molecule has 9 nitrogen and oxygen atoms in total. The van der Waals surface area contributed by atoms with Crippen LogP contribution in [0.25, 0.3) is 0 Å². The number of nitro groups is 2. The number of nitrogens with zero attached hydrogens (tertiary/aromatic N) is 4. The van der Waals surface area contributed by atoms with E-state index in [0.29, 0.717) is 11.4 Å². The molecule has 0 amide bonds. The predicted molar refractivity (Wildman–Crippen MR) is 113 cm³/mol. The van der Waals surface area contributed by atoms with Crippen LogP contribution in [-0.4, -0.2) is 41.8 Å². The maximum atomic E-state index is 13.0. The summed E-state index contributed by atoms with van der Waals surface area (Å²) in [6.07, 6.45) is 3.91. The van der Waals surface area contributed by atoms with Gasteiger partial charge in [0.25, 0.3) is 11.4 Å². The van der Waals surface area contributed by atoms with Crippen molar-refractivity contribution in [1.29, 1.82) is 0 Å². The summed E-state index contributed by atoms with van der Waals surface area (Å²) in [4.78, 5) is 39.1. The Morgan fingerprint density at radius 2 is 1.07 bits per heavy atom. The van der Waals surface area contributed by atoms with Gasteiger partial charge in [0.1, 0.15) is 11.4 Å². The van der Waals surface area contributed by atoms with Crippen molar-refractivity contribution in [3.63, 3.8) is 0 Å². The SMILES string of the molecule is O=C(c1ccc(N2CCCC2)c([N+](=O)[O-])c1)c1ccc(N2CCCC2)c([N+](=O)[O-])c1. The Balaban J connectivity index is 1.68. The molecule has 2 aromatic carbocycles. The molecule has 0 N–H and O–H groups in total. The molecule has 0 atom stereocenters. The van der Waals surface area contributed by atoms with Gasteiger partial charge in [0.05, 0.1) is 9.85 Å². The Labute approximate surface area is 173 Å². The van der Waals surface area contributed by atoms with E-state index in [2.05, 4.69) is 0 Å². The summed E-state index contributed by atoms with van der Waals surface area (Å²) in [5.74, 6) is -0.470. The summed E-state index contributed by atoms with van der Waals surface area (Å²) in [6, 6.07) is 8.87. The van der Waals surface area contributed by atoms with Crippen LogP contribution < -0.4 is 9.80 Å². The fraction of sp³-hybridized carbons (Fsp3) is 0.381. The van der Waals surface area contributed by atoms with E-state index in [1.54, 1.807) is 24.3 Å². The van der Waals surface area contributed by atoms with Gasteiger partial charge in [-0.1, -0.05) is 0 Å². The molecule has 2 saturated heterocycles. The van der Waals surface area contributed by atoms with Crippen LogP contribution in [0.15, 0.2) is 36.4 Å². The fourth-order valence-corrected chi connectivity index (χ4v) is 4.24.